The van der Waals surface area contributed by atoms with Gasteiger partial charge in [0, 0.05) is 16.8 Å². The zero-order valence-electron chi connectivity index (χ0n) is 9.46. The SMILES string of the molecule is O=C(O)C=Cc1ccc2oc3ccccc3c2c1. The topological polar surface area (TPSA) is 50.4 Å². The van der Waals surface area contributed by atoms with Gasteiger partial charge in [0.1, 0.15) is 11.2 Å². The Labute approximate surface area is 103 Å². The van der Waals surface area contributed by atoms with Crippen LogP contribution in [0, 0.1) is 0 Å². The third-order valence-corrected chi connectivity index (χ3v) is 2.82. The smallest absolute Gasteiger partial charge is 0.328 e. The van der Waals surface area contributed by atoms with E-state index in [-0.39, 0.29) is 0 Å². The van der Waals surface area contributed by atoms with Crippen LogP contribution >= 0.6 is 0 Å². The molecule has 1 aromatic heterocycles. The molecule has 0 fully saturated rings. The number of carboxylic acids is 1. The minimum absolute atomic E-state index is 0.809. The minimum Gasteiger partial charge on any atom is -0.478 e. The van der Waals surface area contributed by atoms with Crippen LogP contribution in [0.5, 0.6) is 0 Å². The second kappa shape index (κ2) is 4.04. The van der Waals surface area contributed by atoms with Crippen molar-refractivity contribution >= 4 is 34.0 Å². The lowest BCUT2D eigenvalue weighted by molar-refractivity contribution is -0.131. The summed E-state index contributed by atoms with van der Waals surface area (Å²) in [5, 5.41) is 10.7. The zero-order chi connectivity index (χ0) is 12.5. The number of carboxylic acid groups (broad SMARTS) is 1. The Morgan fingerprint density at radius 1 is 1.06 bits per heavy atom. The summed E-state index contributed by atoms with van der Waals surface area (Å²) in [6, 6.07) is 13.4. The molecule has 0 saturated heterocycles. The van der Waals surface area contributed by atoms with Gasteiger partial charge in [-0.2, -0.15) is 0 Å². The molecule has 3 rings (SSSR count). The maximum absolute atomic E-state index is 10.5. The summed E-state index contributed by atoms with van der Waals surface area (Å²) in [5.41, 5.74) is 2.49. The second-order valence-corrected chi connectivity index (χ2v) is 4.03. The lowest BCUT2D eigenvalue weighted by Crippen LogP contribution is -1.85. The molecular formula is C15H10O3. The molecule has 0 aliphatic carbocycles. The largest absolute Gasteiger partial charge is 0.478 e. The molecule has 0 aliphatic rings. The summed E-state index contributed by atoms with van der Waals surface area (Å²) in [6.45, 7) is 0. The molecular weight excluding hydrogens is 228 g/mol. The molecule has 1 N–H and O–H groups in total. The van der Waals surface area contributed by atoms with E-state index in [1.807, 2.05) is 42.5 Å². The van der Waals surface area contributed by atoms with Crippen LogP contribution < -0.4 is 0 Å². The first-order chi connectivity index (χ1) is 8.74. The summed E-state index contributed by atoms with van der Waals surface area (Å²) in [4.78, 5) is 10.5. The van der Waals surface area contributed by atoms with Gasteiger partial charge in [-0.1, -0.05) is 24.3 Å². The van der Waals surface area contributed by atoms with Crippen molar-refractivity contribution in [3.05, 3.63) is 54.1 Å². The van der Waals surface area contributed by atoms with Gasteiger partial charge in [-0.3, -0.25) is 0 Å². The molecule has 1 heterocycles. The number of carbonyl (C=O) groups is 1. The maximum Gasteiger partial charge on any atom is 0.328 e. The number of benzene rings is 2. The third kappa shape index (κ3) is 1.76. The average Bonchev–Trinajstić information content (AvgIpc) is 2.74. The Balaban J connectivity index is 2.21. The molecule has 88 valence electrons. The predicted octanol–water partition coefficient (Wildman–Crippen LogP) is 3.68. The molecule has 3 heteroatoms. The van der Waals surface area contributed by atoms with Gasteiger partial charge >= 0.3 is 5.97 Å². The molecule has 0 spiro atoms. The van der Waals surface area contributed by atoms with E-state index >= 15 is 0 Å². The van der Waals surface area contributed by atoms with Gasteiger partial charge in [0.05, 0.1) is 0 Å². The summed E-state index contributed by atoms with van der Waals surface area (Å²) in [5.74, 6) is -0.952. The van der Waals surface area contributed by atoms with Gasteiger partial charge < -0.3 is 9.52 Å². The highest BCUT2D eigenvalue weighted by atomic mass is 16.4. The van der Waals surface area contributed by atoms with Gasteiger partial charge in [-0.05, 0) is 29.8 Å². The number of furan rings is 1. The Bertz CT molecular complexity index is 766. The van der Waals surface area contributed by atoms with Crippen molar-refractivity contribution in [3.63, 3.8) is 0 Å². The number of rotatable bonds is 2. The molecule has 0 saturated carbocycles. The highest BCUT2D eigenvalue weighted by Crippen LogP contribution is 2.29. The van der Waals surface area contributed by atoms with E-state index in [2.05, 4.69) is 0 Å². The fraction of sp³-hybridized carbons (Fsp3) is 0. The molecule has 18 heavy (non-hydrogen) atoms. The lowest BCUT2D eigenvalue weighted by Gasteiger charge is -1.93. The highest BCUT2D eigenvalue weighted by molar-refractivity contribution is 6.05. The highest BCUT2D eigenvalue weighted by Gasteiger charge is 2.05. The monoisotopic (exact) mass is 238 g/mol. The first-order valence-corrected chi connectivity index (χ1v) is 5.56. The van der Waals surface area contributed by atoms with E-state index < -0.39 is 5.97 Å². The van der Waals surface area contributed by atoms with Crippen LogP contribution in [0.2, 0.25) is 0 Å². The maximum atomic E-state index is 10.5. The van der Waals surface area contributed by atoms with Crippen molar-refractivity contribution in [1.82, 2.24) is 0 Å². The lowest BCUT2D eigenvalue weighted by atomic mass is 10.1. The summed E-state index contributed by atoms with van der Waals surface area (Å²) >= 11 is 0. The Morgan fingerprint density at radius 3 is 2.67 bits per heavy atom. The van der Waals surface area contributed by atoms with Gasteiger partial charge in [0.15, 0.2) is 0 Å². The normalized spacial score (nSPS) is 11.6. The van der Waals surface area contributed by atoms with Crippen LogP contribution in [-0.4, -0.2) is 11.1 Å². The van der Waals surface area contributed by atoms with Crippen LogP contribution in [0.1, 0.15) is 5.56 Å². The standard InChI is InChI=1S/C15H10O3/c16-15(17)8-6-10-5-7-14-12(9-10)11-3-1-2-4-13(11)18-14/h1-9H,(H,16,17). The Morgan fingerprint density at radius 2 is 1.83 bits per heavy atom. The molecule has 0 unspecified atom stereocenters. The first kappa shape index (κ1) is 10.6. The van der Waals surface area contributed by atoms with Crippen molar-refractivity contribution in [2.24, 2.45) is 0 Å². The van der Waals surface area contributed by atoms with Crippen molar-refractivity contribution in [3.8, 4) is 0 Å². The first-order valence-electron chi connectivity index (χ1n) is 5.56. The van der Waals surface area contributed by atoms with Crippen LogP contribution in [0.4, 0.5) is 0 Å². The van der Waals surface area contributed by atoms with E-state index in [4.69, 9.17) is 9.52 Å². The van der Waals surface area contributed by atoms with Crippen LogP contribution in [0.15, 0.2) is 53.0 Å². The molecule has 3 aromatic rings. The van der Waals surface area contributed by atoms with E-state index in [0.29, 0.717) is 0 Å². The molecule has 3 nitrogen and oxygen atoms in total. The van der Waals surface area contributed by atoms with E-state index in [9.17, 15) is 4.79 Å². The molecule has 0 bridgehead atoms. The zero-order valence-corrected chi connectivity index (χ0v) is 9.46. The third-order valence-electron chi connectivity index (χ3n) is 2.82. The van der Waals surface area contributed by atoms with Crippen LogP contribution in [0.3, 0.4) is 0 Å². The van der Waals surface area contributed by atoms with Crippen molar-refractivity contribution in [2.75, 3.05) is 0 Å². The van der Waals surface area contributed by atoms with Crippen molar-refractivity contribution in [2.45, 2.75) is 0 Å². The van der Waals surface area contributed by atoms with Crippen LogP contribution in [0.25, 0.3) is 28.0 Å². The Hall–Kier alpha value is -2.55. The van der Waals surface area contributed by atoms with Gasteiger partial charge in [-0.25, -0.2) is 4.79 Å². The number of hydrogen-bond donors (Lipinski definition) is 1. The molecule has 0 amide bonds. The fourth-order valence-electron chi connectivity index (χ4n) is 2.01. The average molecular weight is 238 g/mol. The van der Waals surface area contributed by atoms with Crippen molar-refractivity contribution in [1.29, 1.82) is 0 Å². The second-order valence-electron chi connectivity index (χ2n) is 4.03. The van der Waals surface area contributed by atoms with Gasteiger partial charge in [0.25, 0.3) is 0 Å². The summed E-state index contributed by atoms with van der Waals surface area (Å²) < 4.78 is 5.69. The summed E-state index contributed by atoms with van der Waals surface area (Å²) in [7, 11) is 0. The quantitative estimate of drug-likeness (QED) is 0.693. The number of fused-ring (bicyclic) bond motifs is 3. The van der Waals surface area contributed by atoms with Crippen molar-refractivity contribution < 1.29 is 14.3 Å². The van der Waals surface area contributed by atoms with Gasteiger partial charge in [-0.15, -0.1) is 0 Å². The van der Waals surface area contributed by atoms with Gasteiger partial charge in [0.2, 0.25) is 0 Å². The molecule has 0 radical (unpaired) electrons. The molecule has 2 aromatic carbocycles. The van der Waals surface area contributed by atoms with E-state index in [1.165, 1.54) is 0 Å². The summed E-state index contributed by atoms with van der Waals surface area (Å²) in [6.07, 6.45) is 2.70. The predicted molar refractivity (Wildman–Crippen MR) is 70.4 cm³/mol. The molecule has 0 atom stereocenters. The fourth-order valence-corrected chi connectivity index (χ4v) is 2.01. The number of para-hydroxylation sites is 1. The number of hydrogen-bond acceptors (Lipinski definition) is 2. The molecule has 0 aliphatic heterocycles. The van der Waals surface area contributed by atoms with E-state index in [0.717, 1.165) is 33.6 Å². The van der Waals surface area contributed by atoms with E-state index in [1.54, 1.807) is 6.08 Å². The van der Waals surface area contributed by atoms with Crippen LogP contribution in [-0.2, 0) is 4.79 Å². The minimum atomic E-state index is -0.952. The Kier molecular flexibility index (Phi) is 2.38. The number of aliphatic carboxylic acids is 1.